The fourth-order valence-corrected chi connectivity index (χ4v) is 2.15. The van der Waals surface area contributed by atoms with Crippen LogP contribution in [0.4, 0.5) is 0 Å². The van der Waals surface area contributed by atoms with E-state index in [2.05, 4.69) is 40.3 Å². The number of methoxy groups -OCH3 is 1. The lowest BCUT2D eigenvalue weighted by atomic mass is 10.1. The summed E-state index contributed by atoms with van der Waals surface area (Å²) in [7, 11) is 1.74. The summed E-state index contributed by atoms with van der Waals surface area (Å²) in [6.45, 7) is 2.08. The van der Waals surface area contributed by atoms with E-state index < -0.39 is 0 Å². The summed E-state index contributed by atoms with van der Waals surface area (Å²) in [5, 5.41) is 8.40. The Balaban J connectivity index is 1.94. The summed E-state index contributed by atoms with van der Waals surface area (Å²) in [6.07, 6.45) is 5.73. The number of fused-ring (bicyclic) bond motifs is 3. The van der Waals surface area contributed by atoms with E-state index in [4.69, 9.17) is 4.74 Å². The normalized spacial score (nSPS) is 13.2. The highest BCUT2D eigenvalue weighted by Gasteiger charge is 2.05. The number of hydrogen-bond acceptors (Lipinski definition) is 4. The molecule has 3 aromatic rings. The minimum absolute atomic E-state index is 0.276. The number of ether oxygens (including phenoxy) is 1. The van der Waals surface area contributed by atoms with Crippen LogP contribution < -0.4 is 0 Å². The van der Waals surface area contributed by atoms with Gasteiger partial charge in [0.25, 0.3) is 0 Å². The van der Waals surface area contributed by atoms with Gasteiger partial charge >= 0.3 is 0 Å². The molecule has 0 saturated heterocycles. The van der Waals surface area contributed by atoms with Crippen LogP contribution in [-0.4, -0.2) is 32.8 Å². The van der Waals surface area contributed by atoms with Crippen molar-refractivity contribution >= 4 is 16.7 Å². The SMILES string of the molecule is COC(C)CCc1ccc2c(c1)nnc1cncn12. The van der Waals surface area contributed by atoms with Crippen molar-refractivity contribution in [2.24, 2.45) is 0 Å². The van der Waals surface area contributed by atoms with Crippen molar-refractivity contribution < 1.29 is 4.74 Å². The number of aromatic nitrogens is 4. The number of rotatable bonds is 4. The van der Waals surface area contributed by atoms with Gasteiger partial charge in [0.15, 0.2) is 5.65 Å². The Bertz CT molecular complexity index is 707. The van der Waals surface area contributed by atoms with E-state index in [1.807, 2.05) is 4.40 Å². The molecule has 1 atom stereocenters. The first-order valence-corrected chi connectivity index (χ1v) is 6.38. The quantitative estimate of drug-likeness (QED) is 0.718. The number of benzene rings is 1. The van der Waals surface area contributed by atoms with Crippen LogP contribution in [0, 0.1) is 0 Å². The molecule has 2 heterocycles. The van der Waals surface area contributed by atoms with E-state index in [0.717, 1.165) is 29.5 Å². The third-order valence-electron chi connectivity index (χ3n) is 3.42. The molecule has 5 nitrogen and oxygen atoms in total. The van der Waals surface area contributed by atoms with Crippen molar-refractivity contribution in [1.29, 1.82) is 0 Å². The average Bonchev–Trinajstić information content (AvgIpc) is 2.93. The second-order valence-electron chi connectivity index (χ2n) is 4.73. The van der Waals surface area contributed by atoms with Gasteiger partial charge in [0.2, 0.25) is 0 Å². The smallest absolute Gasteiger partial charge is 0.179 e. The number of aryl methyl sites for hydroxylation is 1. The van der Waals surface area contributed by atoms with Gasteiger partial charge < -0.3 is 4.74 Å². The molecule has 2 aromatic heterocycles. The summed E-state index contributed by atoms with van der Waals surface area (Å²) >= 11 is 0. The molecule has 19 heavy (non-hydrogen) atoms. The molecule has 1 aromatic carbocycles. The molecule has 0 N–H and O–H groups in total. The summed E-state index contributed by atoms with van der Waals surface area (Å²) < 4.78 is 7.21. The molecular formula is C14H16N4O. The van der Waals surface area contributed by atoms with E-state index in [1.165, 1.54) is 5.56 Å². The van der Waals surface area contributed by atoms with E-state index in [9.17, 15) is 0 Å². The second-order valence-corrected chi connectivity index (χ2v) is 4.73. The zero-order valence-electron chi connectivity index (χ0n) is 11.1. The average molecular weight is 256 g/mol. The van der Waals surface area contributed by atoms with Gasteiger partial charge in [0, 0.05) is 7.11 Å². The predicted molar refractivity (Wildman–Crippen MR) is 73.1 cm³/mol. The maximum atomic E-state index is 5.27. The minimum Gasteiger partial charge on any atom is -0.382 e. The lowest BCUT2D eigenvalue weighted by molar-refractivity contribution is 0.111. The zero-order valence-corrected chi connectivity index (χ0v) is 11.1. The van der Waals surface area contributed by atoms with Gasteiger partial charge in [-0.3, -0.25) is 4.40 Å². The Morgan fingerprint density at radius 2 is 2.21 bits per heavy atom. The van der Waals surface area contributed by atoms with Crippen LogP contribution in [-0.2, 0) is 11.2 Å². The van der Waals surface area contributed by atoms with Gasteiger partial charge in [-0.25, -0.2) is 4.98 Å². The molecule has 0 bridgehead atoms. The van der Waals surface area contributed by atoms with Gasteiger partial charge in [-0.05, 0) is 37.5 Å². The second kappa shape index (κ2) is 4.93. The van der Waals surface area contributed by atoms with E-state index >= 15 is 0 Å². The monoisotopic (exact) mass is 256 g/mol. The topological polar surface area (TPSA) is 52.3 Å². The van der Waals surface area contributed by atoms with Crippen LogP contribution >= 0.6 is 0 Å². The van der Waals surface area contributed by atoms with Crippen molar-refractivity contribution in [3.8, 4) is 0 Å². The lowest BCUT2D eigenvalue weighted by Gasteiger charge is -2.09. The Kier molecular flexibility index (Phi) is 3.13. The third kappa shape index (κ3) is 2.29. The van der Waals surface area contributed by atoms with Gasteiger partial charge in [-0.1, -0.05) is 6.07 Å². The van der Waals surface area contributed by atoms with Crippen molar-refractivity contribution in [3.05, 3.63) is 36.3 Å². The maximum absolute atomic E-state index is 5.27. The Morgan fingerprint density at radius 3 is 3.05 bits per heavy atom. The highest BCUT2D eigenvalue weighted by atomic mass is 16.5. The lowest BCUT2D eigenvalue weighted by Crippen LogP contribution is -2.06. The summed E-state index contributed by atoms with van der Waals surface area (Å²) in [4.78, 5) is 4.09. The molecule has 0 amide bonds. The molecule has 98 valence electrons. The van der Waals surface area contributed by atoms with E-state index in [0.29, 0.717) is 0 Å². The van der Waals surface area contributed by atoms with Crippen molar-refractivity contribution in [1.82, 2.24) is 19.6 Å². The molecule has 0 saturated carbocycles. The summed E-state index contributed by atoms with van der Waals surface area (Å²) in [6, 6.07) is 6.29. The molecule has 0 spiro atoms. The predicted octanol–water partition coefficient (Wildman–Crippen LogP) is 2.25. The standard InChI is InChI=1S/C14H16N4O/c1-10(19-2)3-4-11-5-6-13-12(7-11)16-17-14-8-15-9-18(13)14/h5-10H,3-4H2,1-2H3. The van der Waals surface area contributed by atoms with Gasteiger partial charge in [-0.15, -0.1) is 10.2 Å². The molecule has 0 aliphatic carbocycles. The largest absolute Gasteiger partial charge is 0.382 e. The Morgan fingerprint density at radius 1 is 1.32 bits per heavy atom. The third-order valence-corrected chi connectivity index (χ3v) is 3.42. The van der Waals surface area contributed by atoms with Crippen LogP contribution in [0.25, 0.3) is 16.7 Å². The van der Waals surface area contributed by atoms with Crippen LogP contribution in [0.3, 0.4) is 0 Å². The van der Waals surface area contributed by atoms with Crippen LogP contribution in [0.1, 0.15) is 18.9 Å². The fourth-order valence-electron chi connectivity index (χ4n) is 2.15. The number of hydrogen-bond donors (Lipinski definition) is 0. The molecule has 5 heteroatoms. The van der Waals surface area contributed by atoms with Crippen LogP contribution in [0.2, 0.25) is 0 Å². The first-order chi connectivity index (χ1) is 9.28. The van der Waals surface area contributed by atoms with Crippen LogP contribution in [0.15, 0.2) is 30.7 Å². The van der Waals surface area contributed by atoms with E-state index in [1.54, 1.807) is 19.6 Å². The molecule has 0 aliphatic heterocycles. The molecule has 0 fully saturated rings. The first-order valence-electron chi connectivity index (χ1n) is 6.38. The Labute approximate surface area is 111 Å². The maximum Gasteiger partial charge on any atom is 0.179 e. The molecular weight excluding hydrogens is 240 g/mol. The number of nitrogens with zero attached hydrogens (tertiary/aromatic N) is 4. The van der Waals surface area contributed by atoms with Crippen molar-refractivity contribution in [3.63, 3.8) is 0 Å². The first kappa shape index (κ1) is 12.0. The van der Waals surface area contributed by atoms with Crippen molar-refractivity contribution in [2.75, 3.05) is 7.11 Å². The number of imidazole rings is 1. The molecule has 0 radical (unpaired) electrons. The molecule has 3 rings (SSSR count). The van der Waals surface area contributed by atoms with Gasteiger partial charge in [0.05, 0.1) is 17.8 Å². The van der Waals surface area contributed by atoms with E-state index in [-0.39, 0.29) is 6.10 Å². The summed E-state index contributed by atoms with van der Waals surface area (Å²) in [5.41, 5.74) is 3.96. The zero-order chi connectivity index (χ0) is 13.2. The molecule has 1 unspecified atom stereocenters. The highest BCUT2D eigenvalue weighted by molar-refractivity contribution is 5.77. The van der Waals surface area contributed by atoms with Gasteiger partial charge in [-0.2, -0.15) is 0 Å². The Hall–Kier alpha value is -2.01. The van der Waals surface area contributed by atoms with Crippen LogP contribution in [0.5, 0.6) is 0 Å². The van der Waals surface area contributed by atoms with Crippen molar-refractivity contribution in [2.45, 2.75) is 25.9 Å². The summed E-state index contributed by atoms with van der Waals surface area (Å²) in [5.74, 6) is 0. The van der Waals surface area contributed by atoms with Gasteiger partial charge in [0.1, 0.15) is 11.8 Å². The fraction of sp³-hybridized carbons (Fsp3) is 0.357. The minimum atomic E-state index is 0.276. The molecule has 0 aliphatic rings. The highest BCUT2D eigenvalue weighted by Crippen LogP contribution is 2.16.